The molecule has 0 aliphatic heterocycles. The van der Waals surface area contributed by atoms with Gasteiger partial charge in [0.15, 0.2) is 0 Å². The molecule has 19 heavy (non-hydrogen) atoms. The van der Waals surface area contributed by atoms with Crippen molar-refractivity contribution >= 4 is 34.3 Å². The monoisotopic (exact) mass is 293 g/mol. The minimum absolute atomic E-state index is 0.0500. The van der Waals surface area contributed by atoms with Crippen LogP contribution in [0.5, 0.6) is 0 Å². The topological polar surface area (TPSA) is 60.2 Å². The minimum atomic E-state index is -0.508. The first-order chi connectivity index (χ1) is 9.06. The lowest BCUT2D eigenvalue weighted by Crippen LogP contribution is -1.88. The van der Waals surface area contributed by atoms with Gasteiger partial charge in [-0.2, -0.15) is 0 Å². The molecular formula is C13H8ClNO3S. The predicted octanol–water partition coefficient (Wildman–Crippen LogP) is 4.13. The first-order valence-corrected chi connectivity index (χ1v) is 6.48. The molecule has 4 nitrogen and oxygen atoms in total. The molecule has 0 amide bonds. The van der Waals surface area contributed by atoms with Crippen LogP contribution in [-0.4, -0.2) is 10.2 Å². The van der Waals surface area contributed by atoms with Crippen LogP contribution in [0.2, 0.25) is 0 Å². The number of carbonyl (C=O) groups excluding carboxylic acids is 1. The molecule has 2 rings (SSSR count). The lowest BCUT2D eigenvalue weighted by Gasteiger charge is -2.02. The van der Waals surface area contributed by atoms with E-state index in [4.69, 9.17) is 11.6 Å². The van der Waals surface area contributed by atoms with Crippen LogP contribution in [0.1, 0.15) is 10.4 Å². The fourth-order valence-corrected chi connectivity index (χ4v) is 2.45. The number of benzene rings is 2. The van der Waals surface area contributed by atoms with Crippen LogP contribution in [0, 0.1) is 10.1 Å². The lowest BCUT2D eigenvalue weighted by atomic mass is 10.2. The largest absolute Gasteiger partial charge is 0.276 e. The molecular weight excluding hydrogens is 286 g/mol. The molecule has 0 heterocycles. The van der Waals surface area contributed by atoms with Gasteiger partial charge < -0.3 is 0 Å². The van der Waals surface area contributed by atoms with Gasteiger partial charge >= 0.3 is 0 Å². The molecule has 0 unspecified atom stereocenters. The van der Waals surface area contributed by atoms with E-state index in [0.717, 1.165) is 9.79 Å². The molecule has 0 aliphatic rings. The molecule has 0 bridgehead atoms. The van der Waals surface area contributed by atoms with E-state index in [1.807, 2.05) is 6.07 Å². The highest BCUT2D eigenvalue weighted by molar-refractivity contribution is 7.99. The molecule has 0 aliphatic carbocycles. The highest BCUT2D eigenvalue weighted by Crippen LogP contribution is 2.29. The van der Waals surface area contributed by atoms with E-state index >= 15 is 0 Å². The Morgan fingerprint density at radius 2 is 1.79 bits per heavy atom. The summed E-state index contributed by atoms with van der Waals surface area (Å²) in [5.74, 6) is 0. The van der Waals surface area contributed by atoms with E-state index in [-0.39, 0.29) is 5.69 Å². The van der Waals surface area contributed by atoms with Crippen molar-refractivity contribution in [2.24, 2.45) is 0 Å². The maximum Gasteiger partial charge on any atom is 0.269 e. The third-order valence-corrected chi connectivity index (χ3v) is 3.56. The molecule has 0 fully saturated rings. The van der Waals surface area contributed by atoms with Gasteiger partial charge in [-0.3, -0.25) is 14.9 Å². The number of halogens is 1. The van der Waals surface area contributed by atoms with Crippen molar-refractivity contribution < 1.29 is 9.72 Å². The highest BCUT2D eigenvalue weighted by atomic mass is 35.5. The maximum atomic E-state index is 11.1. The van der Waals surface area contributed by atoms with Crippen LogP contribution in [0.15, 0.2) is 58.3 Å². The van der Waals surface area contributed by atoms with Crippen LogP contribution in [-0.2, 0) is 0 Å². The average Bonchev–Trinajstić information content (AvgIpc) is 2.39. The zero-order valence-corrected chi connectivity index (χ0v) is 11.1. The summed E-state index contributed by atoms with van der Waals surface area (Å²) in [6.07, 6.45) is 0. The van der Waals surface area contributed by atoms with Crippen LogP contribution >= 0.6 is 23.4 Å². The third kappa shape index (κ3) is 3.56. The van der Waals surface area contributed by atoms with Gasteiger partial charge in [-0.25, -0.2) is 0 Å². The third-order valence-electron chi connectivity index (χ3n) is 2.34. The quantitative estimate of drug-likeness (QED) is 0.483. The number of nitrogens with zero attached hydrogens (tertiary/aromatic N) is 1. The van der Waals surface area contributed by atoms with E-state index in [2.05, 4.69) is 0 Å². The van der Waals surface area contributed by atoms with Crippen LogP contribution < -0.4 is 0 Å². The molecule has 0 N–H and O–H groups in total. The zero-order valence-electron chi connectivity index (χ0n) is 9.58. The molecule has 2 aromatic carbocycles. The Balaban J connectivity index is 2.19. The summed E-state index contributed by atoms with van der Waals surface area (Å²) in [6.45, 7) is 0. The van der Waals surface area contributed by atoms with E-state index in [1.165, 1.54) is 23.9 Å². The second kappa shape index (κ2) is 5.86. The number of non-ortho nitro benzene ring substituents is 1. The van der Waals surface area contributed by atoms with E-state index in [1.54, 1.807) is 30.3 Å². The summed E-state index contributed by atoms with van der Waals surface area (Å²) in [6, 6.07) is 13.1. The Bertz CT molecular complexity index is 628. The number of rotatable bonds is 4. The van der Waals surface area contributed by atoms with Gasteiger partial charge in [0.25, 0.3) is 10.9 Å². The SMILES string of the molecule is O=C(Cl)c1cccc(Sc2ccc([N+](=O)[O-])cc2)c1. The molecule has 2 aromatic rings. The minimum Gasteiger partial charge on any atom is -0.276 e. The van der Waals surface area contributed by atoms with Gasteiger partial charge in [0.2, 0.25) is 0 Å². The Morgan fingerprint density at radius 1 is 1.11 bits per heavy atom. The van der Waals surface area contributed by atoms with Crippen molar-refractivity contribution in [2.45, 2.75) is 9.79 Å². The number of nitro benzene ring substituents is 1. The summed E-state index contributed by atoms with van der Waals surface area (Å²) < 4.78 is 0. The zero-order chi connectivity index (χ0) is 13.8. The van der Waals surface area contributed by atoms with Crippen molar-refractivity contribution in [3.63, 3.8) is 0 Å². The van der Waals surface area contributed by atoms with Crippen LogP contribution in [0.3, 0.4) is 0 Å². The first kappa shape index (κ1) is 13.6. The predicted molar refractivity (Wildman–Crippen MR) is 73.8 cm³/mol. The number of hydrogen-bond donors (Lipinski definition) is 0. The second-order valence-corrected chi connectivity index (χ2v) is 5.14. The van der Waals surface area contributed by atoms with Gasteiger partial charge in [-0.05, 0) is 35.9 Å². The van der Waals surface area contributed by atoms with Crippen molar-refractivity contribution in [3.05, 3.63) is 64.2 Å². The highest BCUT2D eigenvalue weighted by Gasteiger charge is 2.06. The smallest absolute Gasteiger partial charge is 0.269 e. The Morgan fingerprint density at radius 3 is 2.37 bits per heavy atom. The summed E-state index contributed by atoms with van der Waals surface area (Å²) in [7, 11) is 0. The molecule has 0 spiro atoms. The van der Waals surface area contributed by atoms with Crippen molar-refractivity contribution in [1.29, 1.82) is 0 Å². The average molecular weight is 294 g/mol. The van der Waals surface area contributed by atoms with Crippen LogP contribution in [0.4, 0.5) is 5.69 Å². The molecule has 0 saturated carbocycles. The fourth-order valence-electron chi connectivity index (χ4n) is 1.45. The standard InChI is InChI=1S/C13H8ClNO3S/c14-13(16)9-2-1-3-12(8-9)19-11-6-4-10(5-7-11)15(17)18/h1-8H. The Kier molecular flexibility index (Phi) is 4.19. The normalized spacial score (nSPS) is 10.2. The Labute approximate surface area is 118 Å². The lowest BCUT2D eigenvalue weighted by molar-refractivity contribution is -0.384. The summed E-state index contributed by atoms with van der Waals surface area (Å²) >= 11 is 6.82. The number of hydrogen-bond acceptors (Lipinski definition) is 4. The van der Waals surface area contributed by atoms with Gasteiger partial charge in [-0.15, -0.1) is 0 Å². The van der Waals surface area contributed by atoms with Gasteiger partial charge in [-0.1, -0.05) is 23.9 Å². The second-order valence-electron chi connectivity index (χ2n) is 3.65. The molecule has 0 aromatic heterocycles. The molecule has 0 radical (unpaired) electrons. The van der Waals surface area contributed by atoms with E-state index < -0.39 is 10.2 Å². The van der Waals surface area contributed by atoms with Gasteiger partial charge in [0.05, 0.1) is 4.92 Å². The molecule has 0 saturated heterocycles. The molecule has 96 valence electrons. The molecule has 0 atom stereocenters. The summed E-state index contributed by atoms with van der Waals surface area (Å²) in [5, 5.41) is 10.0. The first-order valence-electron chi connectivity index (χ1n) is 5.28. The Hall–Kier alpha value is -1.85. The number of carbonyl (C=O) groups is 1. The van der Waals surface area contributed by atoms with Crippen molar-refractivity contribution in [1.82, 2.24) is 0 Å². The van der Waals surface area contributed by atoms with Crippen molar-refractivity contribution in [3.8, 4) is 0 Å². The van der Waals surface area contributed by atoms with Gasteiger partial charge in [0, 0.05) is 27.5 Å². The summed E-state index contributed by atoms with van der Waals surface area (Å²) in [4.78, 5) is 22.8. The van der Waals surface area contributed by atoms with Gasteiger partial charge in [0.1, 0.15) is 0 Å². The molecule has 6 heteroatoms. The van der Waals surface area contributed by atoms with E-state index in [9.17, 15) is 14.9 Å². The summed E-state index contributed by atoms with van der Waals surface area (Å²) in [5.41, 5.74) is 0.475. The fraction of sp³-hybridized carbons (Fsp3) is 0. The maximum absolute atomic E-state index is 11.1. The van der Waals surface area contributed by atoms with Crippen molar-refractivity contribution in [2.75, 3.05) is 0 Å². The van der Waals surface area contributed by atoms with Crippen LogP contribution in [0.25, 0.3) is 0 Å². The van der Waals surface area contributed by atoms with E-state index in [0.29, 0.717) is 5.56 Å². The number of nitro groups is 1.